The van der Waals surface area contributed by atoms with Gasteiger partial charge in [0.2, 0.25) is 11.6 Å². The number of carbonyl (C=O) groups is 1. The van der Waals surface area contributed by atoms with Crippen molar-refractivity contribution in [2.45, 2.75) is 11.9 Å². The topological polar surface area (TPSA) is 98.0 Å². The Kier molecular flexibility index (Phi) is 3.85. The second kappa shape index (κ2) is 5.42. The molecule has 0 saturated heterocycles. The molecule has 1 aromatic rings. The summed E-state index contributed by atoms with van der Waals surface area (Å²) < 4.78 is 0. The fourth-order valence-electron chi connectivity index (χ4n) is 1.76. The Morgan fingerprint density at radius 1 is 1.20 bits per heavy atom. The van der Waals surface area contributed by atoms with Crippen LogP contribution < -0.4 is 0 Å². The summed E-state index contributed by atoms with van der Waals surface area (Å²) in [5.74, 6) is -3.92. The third-order valence-corrected chi connectivity index (χ3v) is 2.92. The third kappa shape index (κ3) is 2.85. The highest BCUT2D eigenvalue weighted by atomic mass is 16.5. The van der Waals surface area contributed by atoms with Crippen molar-refractivity contribution in [2.24, 2.45) is 0 Å². The van der Waals surface area contributed by atoms with Gasteiger partial charge in [0.05, 0.1) is 5.57 Å². The van der Waals surface area contributed by atoms with Gasteiger partial charge in [-0.1, -0.05) is 36.4 Å². The summed E-state index contributed by atoms with van der Waals surface area (Å²) in [6, 6.07) is 9.13. The lowest BCUT2D eigenvalue weighted by Crippen LogP contribution is -2.48. The number of hydrogen-bond donors (Lipinski definition) is 4. The zero-order valence-corrected chi connectivity index (χ0v) is 10.5. The van der Waals surface area contributed by atoms with Gasteiger partial charge in [-0.3, -0.25) is 4.79 Å². The molecule has 5 heteroatoms. The van der Waals surface area contributed by atoms with Gasteiger partial charge < -0.3 is 20.4 Å². The van der Waals surface area contributed by atoms with Crippen LogP contribution in [0.4, 0.5) is 0 Å². The molecule has 20 heavy (non-hydrogen) atoms. The summed E-state index contributed by atoms with van der Waals surface area (Å²) >= 11 is 0. The van der Waals surface area contributed by atoms with Crippen LogP contribution in [0.3, 0.4) is 0 Å². The maximum atomic E-state index is 11.7. The van der Waals surface area contributed by atoms with Gasteiger partial charge in [0.25, 0.3) is 0 Å². The molecule has 1 atom stereocenters. The van der Waals surface area contributed by atoms with Crippen LogP contribution in [-0.2, 0) is 4.79 Å². The Labute approximate surface area is 115 Å². The monoisotopic (exact) mass is 274 g/mol. The molecule has 1 aliphatic rings. The zero-order chi connectivity index (χ0) is 14.8. The van der Waals surface area contributed by atoms with Gasteiger partial charge in [-0.2, -0.15) is 0 Å². The van der Waals surface area contributed by atoms with Gasteiger partial charge in [0, 0.05) is 0 Å². The summed E-state index contributed by atoms with van der Waals surface area (Å²) in [5, 5.41) is 37.9. The molecule has 0 fully saturated rings. The Morgan fingerprint density at radius 3 is 2.50 bits per heavy atom. The van der Waals surface area contributed by atoms with Crippen molar-refractivity contribution in [3.8, 4) is 0 Å². The molecule has 1 aliphatic carbocycles. The highest BCUT2D eigenvalue weighted by Gasteiger charge is 2.41. The van der Waals surface area contributed by atoms with Crippen LogP contribution in [0.2, 0.25) is 0 Å². The van der Waals surface area contributed by atoms with E-state index in [0.717, 1.165) is 17.7 Å². The molecule has 2 rings (SSSR count). The first-order valence-electron chi connectivity index (χ1n) is 5.94. The average molecular weight is 274 g/mol. The third-order valence-electron chi connectivity index (χ3n) is 2.92. The lowest BCUT2D eigenvalue weighted by molar-refractivity contribution is -0.191. The molecule has 0 heterocycles. The smallest absolute Gasteiger partial charge is 0.217 e. The first-order chi connectivity index (χ1) is 9.42. The maximum Gasteiger partial charge on any atom is 0.217 e. The lowest BCUT2D eigenvalue weighted by atomic mass is 9.92. The molecule has 0 spiro atoms. The minimum Gasteiger partial charge on any atom is -0.507 e. The average Bonchev–Trinajstić information content (AvgIpc) is 2.44. The fourth-order valence-corrected chi connectivity index (χ4v) is 1.76. The number of rotatable bonds is 2. The number of aliphatic hydroxyl groups is 4. The first-order valence-corrected chi connectivity index (χ1v) is 5.94. The largest absolute Gasteiger partial charge is 0.507 e. The van der Waals surface area contributed by atoms with Crippen molar-refractivity contribution >= 4 is 11.9 Å². The van der Waals surface area contributed by atoms with E-state index in [0.29, 0.717) is 0 Å². The van der Waals surface area contributed by atoms with Crippen LogP contribution in [0, 0.1) is 0 Å². The SMILES string of the molecule is O=C1C(=C(O)C=Cc2ccccc2)C=CC(O)(O)C1O. The van der Waals surface area contributed by atoms with E-state index in [1.807, 2.05) is 30.3 Å². The van der Waals surface area contributed by atoms with E-state index in [1.165, 1.54) is 6.08 Å². The van der Waals surface area contributed by atoms with E-state index in [4.69, 9.17) is 0 Å². The van der Waals surface area contributed by atoms with Crippen molar-refractivity contribution in [2.75, 3.05) is 0 Å². The van der Waals surface area contributed by atoms with E-state index < -0.39 is 17.7 Å². The van der Waals surface area contributed by atoms with Crippen LogP contribution in [0.1, 0.15) is 5.56 Å². The molecular weight excluding hydrogens is 260 g/mol. The molecular formula is C15H14O5. The number of allylic oxidation sites excluding steroid dienone is 2. The number of carbonyl (C=O) groups excluding carboxylic acids is 1. The Hall–Kier alpha value is -2.21. The van der Waals surface area contributed by atoms with E-state index in [-0.39, 0.29) is 11.3 Å². The molecule has 0 aliphatic heterocycles. The van der Waals surface area contributed by atoms with Gasteiger partial charge in [-0.05, 0) is 23.8 Å². The second-order valence-corrected chi connectivity index (χ2v) is 4.43. The van der Waals surface area contributed by atoms with Crippen LogP contribution in [0.15, 0.2) is 59.9 Å². The first kappa shape index (κ1) is 14.2. The number of ketones is 1. The summed E-state index contributed by atoms with van der Waals surface area (Å²) in [5.41, 5.74) is 0.648. The molecule has 104 valence electrons. The number of Topliss-reactive ketones (excluding diaryl/α,β-unsaturated/α-hetero) is 1. The molecule has 5 nitrogen and oxygen atoms in total. The predicted molar refractivity (Wildman–Crippen MR) is 72.5 cm³/mol. The van der Waals surface area contributed by atoms with Crippen molar-refractivity contribution in [3.63, 3.8) is 0 Å². The highest BCUT2D eigenvalue weighted by Crippen LogP contribution is 2.23. The van der Waals surface area contributed by atoms with Crippen LogP contribution in [0.25, 0.3) is 6.08 Å². The van der Waals surface area contributed by atoms with Crippen LogP contribution in [0.5, 0.6) is 0 Å². The summed E-state index contributed by atoms with van der Waals surface area (Å²) in [7, 11) is 0. The molecule has 4 N–H and O–H groups in total. The molecule has 0 saturated carbocycles. The van der Waals surface area contributed by atoms with Gasteiger partial charge >= 0.3 is 0 Å². The van der Waals surface area contributed by atoms with E-state index in [9.17, 15) is 25.2 Å². The van der Waals surface area contributed by atoms with Gasteiger partial charge in [0.1, 0.15) is 5.76 Å². The second-order valence-electron chi connectivity index (χ2n) is 4.43. The Bertz CT molecular complexity index is 596. The van der Waals surface area contributed by atoms with Gasteiger partial charge in [0.15, 0.2) is 6.10 Å². The normalized spacial score (nSPS) is 24.1. The van der Waals surface area contributed by atoms with Crippen molar-refractivity contribution in [3.05, 3.63) is 65.5 Å². The molecule has 0 amide bonds. The summed E-state index contributed by atoms with van der Waals surface area (Å²) in [6.07, 6.45) is 2.80. The quantitative estimate of drug-likeness (QED) is 0.361. The lowest BCUT2D eigenvalue weighted by Gasteiger charge is -2.27. The Morgan fingerprint density at radius 2 is 1.85 bits per heavy atom. The summed E-state index contributed by atoms with van der Waals surface area (Å²) in [6.45, 7) is 0. The molecule has 0 bridgehead atoms. The standard InChI is InChI=1S/C15H14O5/c16-12(7-6-10-4-2-1-3-5-10)11-8-9-15(19,20)14(18)13(11)17/h1-9,14,16,18-20H. The van der Waals surface area contributed by atoms with Gasteiger partial charge in [-0.25, -0.2) is 0 Å². The van der Waals surface area contributed by atoms with E-state index in [1.54, 1.807) is 6.08 Å². The molecule has 1 aromatic carbocycles. The van der Waals surface area contributed by atoms with Crippen LogP contribution >= 0.6 is 0 Å². The Balaban J connectivity index is 2.29. The van der Waals surface area contributed by atoms with Crippen molar-refractivity contribution < 1.29 is 25.2 Å². The fraction of sp³-hybridized carbons (Fsp3) is 0.133. The molecule has 0 radical (unpaired) electrons. The minimum atomic E-state index is -2.61. The molecule has 0 aromatic heterocycles. The molecule has 1 unspecified atom stereocenters. The predicted octanol–water partition coefficient (Wildman–Crippen LogP) is 0.693. The highest BCUT2D eigenvalue weighted by molar-refractivity contribution is 6.04. The van der Waals surface area contributed by atoms with Crippen LogP contribution in [-0.4, -0.2) is 38.1 Å². The number of aliphatic hydroxyl groups excluding tert-OH is 2. The van der Waals surface area contributed by atoms with Gasteiger partial charge in [-0.15, -0.1) is 0 Å². The summed E-state index contributed by atoms with van der Waals surface area (Å²) in [4.78, 5) is 11.7. The zero-order valence-electron chi connectivity index (χ0n) is 10.5. The number of benzene rings is 1. The van der Waals surface area contributed by atoms with Crippen molar-refractivity contribution in [1.29, 1.82) is 0 Å². The van der Waals surface area contributed by atoms with E-state index >= 15 is 0 Å². The minimum absolute atomic E-state index is 0.177. The van der Waals surface area contributed by atoms with Crippen molar-refractivity contribution in [1.82, 2.24) is 0 Å². The number of hydrogen-bond acceptors (Lipinski definition) is 5. The maximum absolute atomic E-state index is 11.7. The van der Waals surface area contributed by atoms with E-state index in [2.05, 4.69) is 0 Å².